The first-order valence-corrected chi connectivity index (χ1v) is 8.60. The van der Waals surface area contributed by atoms with Gasteiger partial charge in [-0.05, 0) is 66.8 Å². The van der Waals surface area contributed by atoms with E-state index in [1.807, 2.05) is 6.92 Å². The smallest absolute Gasteiger partial charge is 0.226 e. The number of aryl methyl sites for hydroxylation is 1. The van der Waals surface area contributed by atoms with Gasteiger partial charge in [0.2, 0.25) is 5.95 Å². The maximum atomic E-state index is 4.59. The molecule has 2 N–H and O–H groups in total. The lowest BCUT2D eigenvalue weighted by Gasteiger charge is -2.09. The highest BCUT2D eigenvalue weighted by atomic mass is 127. The van der Waals surface area contributed by atoms with Crippen molar-refractivity contribution < 1.29 is 0 Å². The van der Waals surface area contributed by atoms with Gasteiger partial charge in [0.05, 0.1) is 5.39 Å². The third kappa shape index (κ3) is 3.26. The second-order valence-electron chi connectivity index (χ2n) is 4.63. The van der Waals surface area contributed by atoms with Gasteiger partial charge in [0.15, 0.2) is 0 Å². The van der Waals surface area contributed by atoms with E-state index in [0.29, 0.717) is 5.95 Å². The summed E-state index contributed by atoms with van der Waals surface area (Å²) in [5.41, 5.74) is 1.03. The third-order valence-corrected chi connectivity index (χ3v) is 4.62. The van der Waals surface area contributed by atoms with Gasteiger partial charge in [0.25, 0.3) is 0 Å². The first-order chi connectivity index (χ1) is 10.2. The normalized spacial score (nSPS) is 10.8. The van der Waals surface area contributed by atoms with Crippen molar-refractivity contribution in [1.82, 2.24) is 9.97 Å². The van der Waals surface area contributed by atoms with E-state index in [4.69, 9.17) is 0 Å². The molecule has 4 nitrogen and oxygen atoms in total. The quantitative estimate of drug-likeness (QED) is 0.608. The van der Waals surface area contributed by atoms with Gasteiger partial charge in [-0.3, -0.25) is 0 Å². The van der Waals surface area contributed by atoms with Gasteiger partial charge in [-0.2, -0.15) is 4.98 Å². The lowest BCUT2D eigenvalue weighted by Crippen LogP contribution is -2.04. The Morgan fingerprint density at radius 2 is 1.95 bits per heavy atom. The van der Waals surface area contributed by atoms with Crippen molar-refractivity contribution in [2.24, 2.45) is 0 Å². The highest BCUT2D eigenvalue weighted by Gasteiger charge is 2.10. The van der Waals surface area contributed by atoms with E-state index >= 15 is 0 Å². The van der Waals surface area contributed by atoms with Gasteiger partial charge < -0.3 is 10.6 Å². The van der Waals surface area contributed by atoms with Crippen LogP contribution in [0, 0.1) is 10.5 Å². The van der Waals surface area contributed by atoms with Crippen LogP contribution in [-0.4, -0.2) is 16.5 Å². The lowest BCUT2D eigenvalue weighted by molar-refractivity contribution is 1.11. The second-order valence-corrected chi connectivity index (χ2v) is 7.11. The zero-order valence-corrected chi connectivity index (χ0v) is 14.7. The van der Waals surface area contributed by atoms with Crippen LogP contribution in [0.5, 0.6) is 0 Å². The first kappa shape index (κ1) is 14.5. The minimum absolute atomic E-state index is 0.667. The molecule has 3 aromatic rings. The summed E-state index contributed by atoms with van der Waals surface area (Å²) in [6, 6.07) is 10.4. The molecule has 0 aliphatic carbocycles. The molecular formula is C15H15IN4S. The van der Waals surface area contributed by atoms with Crippen LogP contribution in [0.25, 0.3) is 10.2 Å². The molecule has 0 aliphatic rings. The van der Waals surface area contributed by atoms with Crippen molar-refractivity contribution >= 4 is 61.6 Å². The standard InChI is InChI=1S/C15H15IN4S/c1-3-17-15-19-13(12-8-9(2)21-14(12)20-15)18-11-6-4-10(16)5-7-11/h4-8H,3H2,1-2H3,(H2,17,18,19,20). The average Bonchev–Trinajstić information content (AvgIpc) is 2.82. The highest BCUT2D eigenvalue weighted by molar-refractivity contribution is 14.1. The van der Waals surface area contributed by atoms with E-state index in [2.05, 4.69) is 80.4 Å². The fourth-order valence-electron chi connectivity index (χ4n) is 2.04. The predicted octanol–water partition coefficient (Wildman–Crippen LogP) is 4.78. The molecule has 0 saturated heterocycles. The van der Waals surface area contributed by atoms with Crippen LogP contribution in [0.1, 0.15) is 11.8 Å². The number of benzene rings is 1. The summed E-state index contributed by atoms with van der Waals surface area (Å²) in [5.74, 6) is 1.52. The number of hydrogen-bond acceptors (Lipinski definition) is 5. The first-order valence-electron chi connectivity index (χ1n) is 6.70. The number of nitrogens with zero attached hydrogens (tertiary/aromatic N) is 2. The number of hydrogen-bond donors (Lipinski definition) is 2. The van der Waals surface area contributed by atoms with Crippen LogP contribution in [0.2, 0.25) is 0 Å². The molecule has 0 atom stereocenters. The second kappa shape index (κ2) is 6.15. The van der Waals surface area contributed by atoms with Crippen LogP contribution >= 0.6 is 33.9 Å². The van der Waals surface area contributed by atoms with Crippen LogP contribution < -0.4 is 10.6 Å². The van der Waals surface area contributed by atoms with Gasteiger partial charge in [-0.15, -0.1) is 11.3 Å². The number of anilines is 3. The maximum absolute atomic E-state index is 4.59. The molecule has 2 heterocycles. The molecule has 21 heavy (non-hydrogen) atoms. The number of thiophene rings is 1. The van der Waals surface area contributed by atoms with Crippen molar-refractivity contribution in [3.63, 3.8) is 0 Å². The number of nitrogens with one attached hydrogen (secondary N) is 2. The molecule has 0 unspecified atom stereocenters. The minimum atomic E-state index is 0.667. The average molecular weight is 410 g/mol. The van der Waals surface area contributed by atoms with Crippen LogP contribution in [0.15, 0.2) is 30.3 Å². The Balaban J connectivity index is 2.04. The number of aromatic nitrogens is 2. The summed E-state index contributed by atoms with van der Waals surface area (Å²) in [6.45, 7) is 4.94. The minimum Gasteiger partial charge on any atom is -0.354 e. The summed E-state index contributed by atoms with van der Waals surface area (Å²) in [5, 5.41) is 7.65. The zero-order chi connectivity index (χ0) is 14.8. The molecule has 0 aliphatic heterocycles. The van der Waals surface area contributed by atoms with Crippen molar-refractivity contribution in [1.29, 1.82) is 0 Å². The highest BCUT2D eigenvalue weighted by Crippen LogP contribution is 2.31. The molecule has 0 fully saturated rings. The summed E-state index contributed by atoms with van der Waals surface area (Å²) < 4.78 is 1.21. The molecule has 0 amide bonds. The summed E-state index contributed by atoms with van der Waals surface area (Å²) >= 11 is 3.99. The zero-order valence-electron chi connectivity index (χ0n) is 11.8. The Labute approximate surface area is 141 Å². The molecule has 2 aromatic heterocycles. The predicted molar refractivity (Wildman–Crippen MR) is 98.8 cm³/mol. The Morgan fingerprint density at radius 1 is 1.19 bits per heavy atom. The summed E-state index contributed by atoms with van der Waals surface area (Å²) in [4.78, 5) is 11.4. The van der Waals surface area contributed by atoms with E-state index in [-0.39, 0.29) is 0 Å². The fourth-order valence-corrected chi connectivity index (χ4v) is 3.28. The Hall–Kier alpha value is -1.41. The summed E-state index contributed by atoms with van der Waals surface area (Å²) in [6.07, 6.45) is 0. The third-order valence-electron chi connectivity index (χ3n) is 2.96. The topological polar surface area (TPSA) is 49.8 Å². The molecule has 6 heteroatoms. The van der Waals surface area contributed by atoms with E-state index < -0.39 is 0 Å². The van der Waals surface area contributed by atoms with Crippen molar-refractivity contribution in [2.45, 2.75) is 13.8 Å². The number of rotatable bonds is 4. The van der Waals surface area contributed by atoms with E-state index in [0.717, 1.165) is 28.3 Å². The Morgan fingerprint density at radius 3 is 2.67 bits per heavy atom. The van der Waals surface area contributed by atoms with Crippen molar-refractivity contribution in [3.8, 4) is 0 Å². The molecular weight excluding hydrogens is 395 g/mol. The molecule has 0 radical (unpaired) electrons. The molecule has 1 aromatic carbocycles. The molecule has 0 bridgehead atoms. The van der Waals surface area contributed by atoms with E-state index in [1.165, 1.54) is 8.45 Å². The Bertz CT molecular complexity index is 767. The van der Waals surface area contributed by atoms with Crippen molar-refractivity contribution in [3.05, 3.63) is 38.8 Å². The molecule has 3 rings (SSSR count). The number of fused-ring (bicyclic) bond motifs is 1. The van der Waals surface area contributed by atoms with Crippen LogP contribution in [-0.2, 0) is 0 Å². The molecule has 0 saturated carbocycles. The summed E-state index contributed by atoms with van der Waals surface area (Å²) in [7, 11) is 0. The lowest BCUT2D eigenvalue weighted by atomic mass is 10.3. The van der Waals surface area contributed by atoms with Gasteiger partial charge in [-0.25, -0.2) is 4.98 Å². The van der Waals surface area contributed by atoms with Gasteiger partial charge in [-0.1, -0.05) is 0 Å². The van der Waals surface area contributed by atoms with Gasteiger partial charge >= 0.3 is 0 Å². The van der Waals surface area contributed by atoms with E-state index in [1.54, 1.807) is 11.3 Å². The monoisotopic (exact) mass is 410 g/mol. The van der Waals surface area contributed by atoms with Gasteiger partial charge in [0, 0.05) is 20.7 Å². The van der Waals surface area contributed by atoms with Gasteiger partial charge in [0.1, 0.15) is 10.6 Å². The maximum Gasteiger partial charge on any atom is 0.226 e. The van der Waals surface area contributed by atoms with E-state index in [9.17, 15) is 0 Å². The van der Waals surface area contributed by atoms with Crippen molar-refractivity contribution in [2.75, 3.05) is 17.2 Å². The fraction of sp³-hybridized carbons (Fsp3) is 0.200. The largest absolute Gasteiger partial charge is 0.354 e. The Kier molecular flexibility index (Phi) is 4.25. The molecule has 108 valence electrons. The SMILES string of the molecule is CCNc1nc(Nc2ccc(I)cc2)c2cc(C)sc2n1. The molecule has 0 spiro atoms. The number of halogens is 1. The van der Waals surface area contributed by atoms with Crippen LogP contribution in [0.4, 0.5) is 17.5 Å². The van der Waals surface area contributed by atoms with Crippen LogP contribution in [0.3, 0.4) is 0 Å².